The highest BCUT2D eigenvalue weighted by molar-refractivity contribution is 6.40. The average molecular weight is 643 g/mol. The molecule has 3 aliphatic heterocycles. The van der Waals surface area contributed by atoms with E-state index in [0.29, 0.717) is 30.1 Å². The lowest BCUT2D eigenvalue weighted by atomic mass is 9.77. The highest BCUT2D eigenvalue weighted by Gasteiger charge is 2.44. The Balaban J connectivity index is 1.23. The molecule has 252 valence electrons. The molecule has 11 heteroatoms. The third-order valence-corrected chi connectivity index (χ3v) is 10.7. The second-order valence-electron chi connectivity index (χ2n) is 15.1. The van der Waals surface area contributed by atoms with Gasteiger partial charge in [0, 0.05) is 53.8 Å². The quantitative estimate of drug-likeness (QED) is 0.218. The molecule has 0 bridgehead atoms. The van der Waals surface area contributed by atoms with Crippen LogP contribution in [0.3, 0.4) is 0 Å². The molecule has 3 aromatic rings. The number of nitrogens with one attached hydrogen (secondary N) is 3. The SMILES string of the molecule is C[C@H]1CC[C@H](c2ccc3nn(C4CC(C)(C)N(C)C(C)(C)C4)cc3c2)N(C(=O)C(=O)Nc2cncc(C=N)c2NC2CCCCO2)C1. The van der Waals surface area contributed by atoms with Crippen LogP contribution >= 0.6 is 0 Å². The Morgan fingerprint density at radius 1 is 1.06 bits per heavy atom. The number of likely N-dealkylation sites (tertiary alicyclic amines) is 2. The molecular formula is C36H50N8O3. The van der Waals surface area contributed by atoms with Gasteiger partial charge in [0.1, 0.15) is 6.23 Å². The number of piperidine rings is 2. The van der Waals surface area contributed by atoms with E-state index in [0.717, 1.165) is 61.4 Å². The van der Waals surface area contributed by atoms with E-state index < -0.39 is 11.8 Å². The van der Waals surface area contributed by atoms with Crippen molar-refractivity contribution < 1.29 is 14.3 Å². The molecule has 1 unspecified atom stereocenters. The normalized spacial score (nSPS) is 25.0. The minimum atomic E-state index is -0.720. The molecule has 11 nitrogen and oxygen atoms in total. The van der Waals surface area contributed by atoms with Crippen LogP contribution in [0.25, 0.3) is 10.9 Å². The molecule has 3 aliphatic rings. The van der Waals surface area contributed by atoms with E-state index in [2.05, 4.69) is 85.2 Å². The maximum absolute atomic E-state index is 13.9. The number of nitrogens with zero attached hydrogens (tertiary/aromatic N) is 5. The van der Waals surface area contributed by atoms with Gasteiger partial charge in [-0.15, -0.1) is 0 Å². The van der Waals surface area contributed by atoms with Crippen molar-refractivity contribution in [2.45, 2.75) is 109 Å². The summed E-state index contributed by atoms with van der Waals surface area (Å²) in [4.78, 5) is 35.9. The second-order valence-corrected chi connectivity index (χ2v) is 15.1. The van der Waals surface area contributed by atoms with Gasteiger partial charge in [-0.2, -0.15) is 5.10 Å². The van der Waals surface area contributed by atoms with Gasteiger partial charge in [-0.3, -0.25) is 24.2 Å². The molecule has 47 heavy (non-hydrogen) atoms. The molecule has 3 saturated heterocycles. The molecule has 5 heterocycles. The standard InChI is InChI=1S/C36H50N8O3/c1-23-10-13-30(24-11-12-28-25(15-24)22-44(41-28)27-16-35(2,3)42(6)36(4,5)17-27)43(21-23)34(46)33(45)39-29-20-38-19-26(18-37)32(29)40-31-9-7-8-14-47-31/h11-12,15,18-20,22-23,27,30-31,37H,7-10,13-14,16-17,21H2,1-6H3,(H,38,40)(H,39,45)/t23-,30+,31?/m0/s1. The summed E-state index contributed by atoms with van der Waals surface area (Å²) in [6.45, 7) is 12.5. The van der Waals surface area contributed by atoms with Crippen molar-refractivity contribution in [1.29, 1.82) is 5.41 Å². The van der Waals surface area contributed by atoms with Crippen molar-refractivity contribution in [2.75, 3.05) is 30.8 Å². The maximum atomic E-state index is 13.9. The Morgan fingerprint density at radius 3 is 2.53 bits per heavy atom. The number of rotatable bonds is 6. The van der Waals surface area contributed by atoms with Gasteiger partial charge < -0.3 is 25.7 Å². The van der Waals surface area contributed by atoms with Crippen molar-refractivity contribution in [3.05, 3.63) is 47.9 Å². The topological polar surface area (TPSA) is 128 Å². The Morgan fingerprint density at radius 2 is 1.83 bits per heavy atom. The highest BCUT2D eigenvalue weighted by Crippen LogP contribution is 2.43. The Labute approximate surface area is 277 Å². The molecule has 0 spiro atoms. The maximum Gasteiger partial charge on any atom is 0.314 e. The van der Waals surface area contributed by atoms with E-state index in [-0.39, 0.29) is 35.3 Å². The van der Waals surface area contributed by atoms with Crippen molar-refractivity contribution in [3.63, 3.8) is 0 Å². The Kier molecular flexibility index (Phi) is 9.15. The number of carbonyl (C=O) groups is 2. The fourth-order valence-electron chi connectivity index (χ4n) is 7.85. The van der Waals surface area contributed by atoms with Gasteiger partial charge in [-0.25, -0.2) is 0 Å². The van der Waals surface area contributed by atoms with Crippen molar-refractivity contribution in [1.82, 2.24) is 24.6 Å². The summed E-state index contributed by atoms with van der Waals surface area (Å²) in [5.41, 5.74) is 3.44. The summed E-state index contributed by atoms with van der Waals surface area (Å²) in [5, 5.41) is 20.1. The zero-order chi connectivity index (χ0) is 33.5. The van der Waals surface area contributed by atoms with Crippen molar-refractivity contribution in [2.24, 2.45) is 5.92 Å². The fourth-order valence-corrected chi connectivity index (χ4v) is 7.85. The number of hydrogen-bond donors (Lipinski definition) is 3. The smallest absolute Gasteiger partial charge is 0.314 e. The number of benzene rings is 1. The third kappa shape index (κ3) is 6.78. The van der Waals surface area contributed by atoms with E-state index in [4.69, 9.17) is 15.2 Å². The number of pyridine rings is 1. The summed E-state index contributed by atoms with van der Waals surface area (Å²) in [5.74, 6) is -1.02. The number of anilines is 2. The van der Waals surface area contributed by atoms with Crippen LogP contribution < -0.4 is 10.6 Å². The van der Waals surface area contributed by atoms with Crippen LogP contribution in [0.2, 0.25) is 0 Å². The van der Waals surface area contributed by atoms with Crippen LogP contribution in [0.4, 0.5) is 11.4 Å². The molecule has 3 atom stereocenters. The fraction of sp³-hybridized carbons (Fsp3) is 0.583. The van der Waals surface area contributed by atoms with Crippen LogP contribution in [-0.2, 0) is 14.3 Å². The molecule has 6 rings (SSSR count). The molecule has 0 radical (unpaired) electrons. The number of hydrogen-bond acceptors (Lipinski definition) is 8. The van der Waals surface area contributed by atoms with Crippen molar-refractivity contribution in [3.8, 4) is 0 Å². The van der Waals surface area contributed by atoms with Gasteiger partial charge in [-0.1, -0.05) is 13.0 Å². The number of fused-ring (bicyclic) bond motifs is 1. The molecule has 1 aromatic carbocycles. The van der Waals surface area contributed by atoms with Gasteiger partial charge in [0.05, 0.1) is 35.2 Å². The van der Waals surface area contributed by atoms with Gasteiger partial charge in [0.15, 0.2) is 0 Å². The minimum Gasteiger partial charge on any atom is -0.359 e. The first-order valence-electron chi connectivity index (χ1n) is 17.1. The lowest BCUT2D eigenvalue weighted by Crippen LogP contribution is -2.58. The monoisotopic (exact) mass is 642 g/mol. The first-order chi connectivity index (χ1) is 22.4. The number of carbonyl (C=O) groups excluding carboxylic acids is 2. The summed E-state index contributed by atoms with van der Waals surface area (Å²) in [6, 6.07) is 6.32. The first kappa shape index (κ1) is 33.1. The van der Waals surface area contributed by atoms with E-state index in [1.54, 1.807) is 11.1 Å². The zero-order valence-corrected chi connectivity index (χ0v) is 28.7. The summed E-state index contributed by atoms with van der Waals surface area (Å²) < 4.78 is 7.99. The molecule has 2 aromatic heterocycles. The van der Waals surface area contributed by atoms with Crippen LogP contribution in [0, 0.1) is 11.3 Å². The Bertz CT molecular complexity index is 1620. The van der Waals surface area contributed by atoms with Crippen molar-refractivity contribution >= 4 is 40.3 Å². The van der Waals surface area contributed by atoms with Crippen LogP contribution in [0.15, 0.2) is 36.8 Å². The first-order valence-corrected chi connectivity index (χ1v) is 17.1. The molecular weight excluding hydrogens is 592 g/mol. The van der Waals surface area contributed by atoms with Crippen LogP contribution in [-0.4, -0.2) is 80.1 Å². The minimum absolute atomic E-state index is 0.0489. The summed E-state index contributed by atoms with van der Waals surface area (Å²) in [7, 11) is 2.22. The molecule has 0 saturated carbocycles. The van der Waals surface area contributed by atoms with E-state index in [9.17, 15) is 9.59 Å². The molecule has 3 fully saturated rings. The number of aromatic nitrogens is 3. The molecule has 3 N–H and O–H groups in total. The van der Waals surface area contributed by atoms with E-state index in [1.165, 1.54) is 12.4 Å². The van der Waals surface area contributed by atoms with Crippen LogP contribution in [0.1, 0.15) is 103 Å². The third-order valence-electron chi connectivity index (χ3n) is 10.7. The van der Waals surface area contributed by atoms with Crippen LogP contribution in [0.5, 0.6) is 0 Å². The number of ether oxygens (including phenoxy) is 1. The highest BCUT2D eigenvalue weighted by atomic mass is 16.5. The zero-order valence-electron chi connectivity index (χ0n) is 28.7. The predicted octanol–water partition coefficient (Wildman–Crippen LogP) is 6.13. The molecule has 2 amide bonds. The summed E-state index contributed by atoms with van der Waals surface area (Å²) in [6.07, 6.45) is 12.8. The van der Waals surface area contributed by atoms with Gasteiger partial charge in [0.25, 0.3) is 0 Å². The van der Waals surface area contributed by atoms with E-state index >= 15 is 0 Å². The molecule has 0 aliphatic carbocycles. The largest absolute Gasteiger partial charge is 0.359 e. The lowest BCUT2D eigenvalue weighted by Gasteiger charge is -2.53. The van der Waals surface area contributed by atoms with Gasteiger partial charge in [-0.05, 0) is 103 Å². The van der Waals surface area contributed by atoms with E-state index in [1.807, 2.05) is 6.07 Å². The predicted molar refractivity (Wildman–Crippen MR) is 185 cm³/mol. The van der Waals surface area contributed by atoms with Gasteiger partial charge in [0.2, 0.25) is 0 Å². The average Bonchev–Trinajstić information content (AvgIpc) is 3.48. The Hall–Kier alpha value is -3.83. The summed E-state index contributed by atoms with van der Waals surface area (Å²) >= 11 is 0. The lowest BCUT2D eigenvalue weighted by molar-refractivity contribution is -0.146. The number of amides is 2. The van der Waals surface area contributed by atoms with Gasteiger partial charge >= 0.3 is 11.8 Å². The second kappa shape index (κ2) is 13.0.